The number of nitrogens with one attached hydrogen (secondary N) is 1. The normalized spacial score (nSPS) is 14.0. The highest BCUT2D eigenvalue weighted by atomic mass is 35.5. The SMILES string of the molecule is Cn1c(C(=O)N2CCN(Cc3ccc(OCC(F)(F)F)cc3)CC2)cc2ccc(Oc3ccc(NS(=O)(=O)c4cccc([N+](=O)[O-])c4Cl)cn3)cc21. The van der Waals surface area contributed by atoms with Crippen LogP contribution in [0.2, 0.25) is 5.02 Å². The second-order valence-corrected chi connectivity index (χ2v) is 13.9. The first-order valence-corrected chi connectivity index (χ1v) is 17.5. The van der Waals surface area contributed by atoms with Crippen molar-refractivity contribution in [2.75, 3.05) is 37.5 Å². The molecule has 3 aromatic carbocycles. The fourth-order valence-electron chi connectivity index (χ4n) is 5.64. The standard InChI is InChI=1S/C34H30ClF3N6O7S/c1-41-28-18-26(51-31-12-8-24(19-39-31)40-52(48,49)30-4-2-3-27(32(30)35)44(46)47)11-7-23(28)17-29(41)33(45)43-15-13-42(14-16-43)20-22-5-9-25(10-6-22)50-21-34(36,37)38/h2-12,17-19,40H,13-16,20-21H2,1H3. The van der Waals surface area contributed by atoms with Gasteiger partial charge in [-0.2, -0.15) is 13.2 Å². The van der Waals surface area contributed by atoms with Crippen molar-refractivity contribution in [3.8, 4) is 17.4 Å². The highest BCUT2D eigenvalue weighted by molar-refractivity contribution is 7.92. The maximum absolute atomic E-state index is 13.6. The van der Waals surface area contributed by atoms with Gasteiger partial charge in [-0.15, -0.1) is 0 Å². The van der Waals surface area contributed by atoms with Crippen molar-refractivity contribution in [1.29, 1.82) is 0 Å². The quantitative estimate of drug-likeness (QED) is 0.116. The van der Waals surface area contributed by atoms with Crippen LogP contribution in [0.3, 0.4) is 0 Å². The minimum Gasteiger partial charge on any atom is -0.484 e. The lowest BCUT2D eigenvalue weighted by Crippen LogP contribution is -2.48. The summed E-state index contributed by atoms with van der Waals surface area (Å²) in [6.07, 6.45) is -3.18. The molecule has 13 nitrogen and oxygen atoms in total. The lowest BCUT2D eigenvalue weighted by atomic mass is 10.2. The second kappa shape index (κ2) is 14.7. The first-order valence-electron chi connectivity index (χ1n) is 15.7. The molecule has 2 aromatic heterocycles. The van der Waals surface area contributed by atoms with Crippen LogP contribution in [0, 0.1) is 10.1 Å². The van der Waals surface area contributed by atoms with Gasteiger partial charge >= 0.3 is 6.18 Å². The molecule has 1 aliphatic rings. The van der Waals surface area contributed by atoms with Gasteiger partial charge in [-0.1, -0.05) is 29.8 Å². The van der Waals surface area contributed by atoms with Crippen LogP contribution in [0.1, 0.15) is 16.1 Å². The number of pyridine rings is 1. The predicted molar refractivity (Wildman–Crippen MR) is 185 cm³/mol. The third-order valence-corrected chi connectivity index (χ3v) is 10.2. The summed E-state index contributed by atoms with van der Waals surface area (Å²) in [5.41, 5.74) is 1.68. The Labute approximate surface area is 300 Å². The van der Waals surface area contributed by atoms with Crippen molar-refractivity contribution < 1.29 is 40.8 Å². The molecule has 1 aliphatic heterocycles. The lowest BCUT2D eigenvalue weighted by Gasteiger charge is -2.34. The first-order chi connectivity index (χ1) is 24.7. The van der Waals surface area contributed by atoms with Gasteiger partial charge in [-0.25, -0.2) is 13.4 Å². The molecule has 0 saturated carbocycles. The Kier molecular flexibility index (Phi) is 10.3. The summed E-state index contributed by atoms with van der Waals surface area (Å²) in [5.74, 6) is 0.599. The van der Waals surface area contributed by atoms with E-state index in [1.165, 1.54) is 36.5 Å². The topological polar surface area (TPSA) is 149 Å². The average molecular weight is 759 g/mol. The van der Waals surface area contributed by atoms with E-state index in [2.05, 4.69) is 14.6 Å². The number of carbonyl (C=O) groups is 1. The lowest BCUT2D eigenvalue weighted by molar-refractivity contribution is -0.384. The van der Waals surface area contributed by atoms with Crippen molar-refractivity contribution in [2.45, 2.75) is 17.6 Å². The number of aromatic nitrogens is 2. The molecular formula is C34H30ClF3N6O7S. The zero-order valence-corrected chi connectivity index (χ0v) is 28.9. The molecule has 0 radical (unpaired) electrons. The van der Waals surface area contributed by atoms with E-state index in [1.807, 2.05) is 12.1 Å². The zero-order chi connectivity index (χ0) is 37.2. The van der Waals surface area contributed by atoms with E-state index in [0.29, 0.717) is 44.2 Å². The van der Waals surface area contributed by atoms with Crippen LogP contribution in [0.25, 0.3) is 10.9 Å². The van der Waals surface area contributed by atoms with E-state index in [9.17, 15) is 36.5 Å². The summed E-state index contributed by atoms with van der Waals surface area (Å²) >= 11 is 5.98. The Bertz CT molecular complexity index is 2230. The fraction of sp³-hybridized carbons (Fsp3) is 0.235. The first kappa shape index (κ1) is 36.4. The zero-order valence-electron chi connectivity index (χ0n) is 27.3. The third kappa shape index (κ3) is 8.38. The maximum Gasteiger partial charge on any atom is 0.422 e. The highest BCUT2D eigenvalue weighted by Crippen LogP contribution is 2.33. The molecule has 0 unspecified atom stereocenters. The summed E-state index contributed by atoms with van der Waals surface area (Å²) in [6.45, 7) is 1.48. The Balaban J connectivity index is 1.05. The van der Waals surface area contributed by atoms with Gasteiger partial charge in [0.25, 0.3) is 21.6 Å². The Morgan fingerprint density at radius 1 is 1.00 bits per heavy atom. The van der Waals surface area contributed by atoms with Crippen molar-refractivity contribution >= 4 is 49.8 Å². The van der Waals surface area contributed by atoms with E-state index in [1.54, 1.807) is 40.8 Å². The maximum atomic E-state index is 13.6. The van der Waals surface area contributed by atoms with E-state index < -0.39 is 43.3 Å². The third-order valence-electron chi connectivity index (χ3n) is 8.27. The van der Waals surface area contributed by atoms with Crippen LogP contribution >= 0.6 is 11.6 Å². The molecule has 5 aromatic rings. The van der Waals surface area contributed by atoms with Crippen molar-refractivity contribution in [3.63, 3.8) is 0 Å². The summed E-state index contributed by atoms with van der Waals surface area (Å²) < 4.78 is 77.7. The number of hydrogen-bond donors (Lipinski definition) is 1. The molecule has 0 bridgehead atoms. The van der Waals surface area contributed by atoms with E-state index in [0.717, 1.165) is 28.6 Å². The Morgan fingerprint density at radius 2 is 1.71 bits per heavy atom. The van der Waals surface area contributed by atoms with Gasteiger partial charge in [0, 0.05) is 63.4 Å². The fourth-order valence-corrected chi connectivity index (χ4v) is 7.28. The average Bonchev–Trinajstić information content (AvgIpc) is 3.43. The molecule has 18 heteroatoms. The number of fused-ring (bicyclic) bond motifs is 1. The molecule has 1 amide bonds. The minimum absolute atomic E-state index is 0.0730. The molecule has 52 heavy (non-hydrogen) atoms. The molecular weight excluding hydrogens is 729 g/mol. The molecule has 272 valence electrons. The number of hydrogen-bond acceptors (Lipinski definition) is 9. The molecule has 0 spiro atoms. The number of benzene rings is 3. The minimum atomic E-state index is -4.40. The van der Waals surface area contributed by atoms with E-state index >= 15 is 0 Å². The summed E-state index contributed by atoms with van der Waals surface area (Å²) in [5, 5.41) is 11.5. The van der Waals surface area contributed by atoms with Gasteiger partial charge in [0.2, 0.25) is 5.88 Å². The number of nitro groups is 1. The van der Waals surface area contributed by atoms with Gasteiger partial charge in [-0.05, 0) is 48.0 Å². The van der Waals surface area contributed by atoms with Crippen molar-refractivity contribution in [1.82, 2.24) is 19.4 Å². The molecule has 3 heterocycles. The van der Waals surface area contributed by atoms with Gasteiger partial charge in [0.15, 0.2) is 6.61 Å². The van der Waals surface area contributed by atoms with Crippen LogP contribution in [0.5, 0.6) is 17.4 Å². The molecule has 0 aliphatic carbocycles. The van der Waals surface area contributed by atoms with Crippen LogP contribution in [0.15, 0.2) is 90.0 Å². The summed E-state index contributed by atoms with van der Waals surface area (Å²) in [7, 11) is -2.49. The molecule has 1 saturated heterocycles. The molecule has 6 rings (SSSR count). The largest absolute Gasteiger partial charge is 0.484 e. The molecule has 0 atom stereocenters. The number of ether oxygens (including phenoxy) is 2. The van der Waals surface area contributed by atoms with Gasteiger partial charge < -0.3 is 18.9 Å². The number of amides is 1. The summed E-state index contributed by atoms with van der Waals surface area (Å²) in [6, 6.07) is 19.9. The number of nitro benzene ring substituents is 1. The number of carbonyl (C=O) groups excluding carboxylic acids is 1. The highest BCUT2D eigenvalue weighted by Gasteiger charge is 2.29. The van der Waals surface area contributed by atoms with Crippen molar-refractivity contribution in [3.05, 3.63) is 111 Å². The number of alkyl halides is 3. The van der Waals surface area contributed by atoms with Gasteiger partial charge in [-0.3, -0.25) is 24.5 Å². The predicted octanol–water partition coefficient (Wildman–Crippen LogP) is 6.63. The van der Waals surface area contributed by atoms with Crippen LogP contribution in [-0.4, -0.2) is 77.6 Å². The van der Waals surface area contributed by atoms with E-state index in [4.69, 9.17) is 21.1 Å². The van der Waals surface area contributed by atoms with Crippen LogP contribution < -0.4 is 14.2 Å². The Morgan fingerprint density at radius 3 is 2.37 bits per heavy atom. The number of anilines is 1. The number of sulfonamides is 1. The number of halogens is 4. The van der Waals surface area contributed by atoms with Crippen LogP contribution in [0.4, 0.5) is 24.5 Å². The monoisotopic (exact) mass is 758 g/mol. The molecule has 1 N–H and O–H groups in total. The Hall–Kier alpha value is -5.39. The number of nitrogens with zero attached hydrogens (tertiary/aromatic N) is 5. The summed E-state index contributed by atoms with van der Waals surface area (Å²) in [4.78, 5) is 31.6. The number of rotatable bonds is 11. The number of piperazine rings is 1. The van der Waals surface area contributed by atoms with Gasteiger partial charge in [0.1, 0.15) is 27.1 Å². The van der Waals surface area contributed by atoms with Gasteiger partial charge in [0.05, 0.1) is 22.3 Å². The van der Waals surface area contributed by atoms with Crippen molar-refractivity contribution in [2.24, 2.45) is 7.05 Å². The van der Waals surface area contributed by atoms with E-state index in [-0.39, 0.29) is 23.2 Å². The molecule has 1 fully saturated rings. The van der Waals surface area contributed by atoms with Crippen LogP contribution in [-0.2, 0) is 23.6 Å². The second-order valence-electron chi connectivity index (χ2n) is 11.9. The smallest absolute Gasteiger partial charge is 0.422 e. The number of aryl methyl sites for hydroxylation is 1.